The van der Waals surface area contributed by atoms with E-state index >= 15 is 0 Å². The Kier molecular flexibility index (Phi) is 3.36. The largest absolute Gasteiger partial charge is 0.471 e. The van der Waals surface area contributed by atoms with Gasteiger partial charge in [-0.25, -0.2) is 0 Å². The first-order chi connectivity index (χ1) is 10.3. The van der Waals surface area contributed by atoms with E-state index in [0.29, 0.717) is 5.56 Å². The van der Waals surface area contributed by atoms with Gasteiger partial charge in [0.25, 0.3) is 0 Å². The smallest absolute Gasteiger partial charge is 0.410 e. The van der Waals surface area contributed by atoms with Crippen LogP contribution in [0, 0.1) is 5.92 Å². The Balaban J connectivity index is 1.78. The highest BCUT2D eigenvalue weighted by Gasteiger charge is 2.63. The van der Waals surface area contributed by atoms with Crippen molar-refractivity contribution in [1.82, 2.24) is 4.90 Å². The van der Waals surface area contributed by atoms with E-state index in [2.05, 4.69) is 5.16 Å². The van der Waals surface area contributed by atoms with Crippen LogP contribution in [0.4, 0.5) is 13.2 Å². The molecular weight excluding hydrogens is 321 g/mol. The molecule has 0 bridgehead atoms. The molecule has 2 aliphatic rings. The Bertz CT molecular complexity index is 644. The highest BCUT2D eigenvalue weighted by molar-refractivity contribution is 6.69. The van der Waals surface area contributed by atoms with Gasteiger partial charge in [0.05, 0.1) is 0 Å². The third-order valence-electron chi connectivity index (χ3n) is 4.46. The number of fused-ring (bicyclic) bond motifs is 1. The van der Waals surface area contributed by atoms with E-state index in [1.54, 1.807) is 24.3 Å². The third kappa shape index (κ3) is 2.33. The van der Waals surface area contributed by atoms with Gasteiger partial charge in [0.1, 0.15) is 0 Å². The molecule has 0 spiro atoms. The van der Waals surface area contributed by atoms with Gasteiger partial charge >= 0.3 is 12.1 Å². The van der Waals surface area contributed by atoms with Crippen molar-refractivity contribution in [2.24, 2.45) is 11.1 Å². The number of amides is 1. The van der Waals surface area contributed by atoms with Gasteiger partial charge in [0, 0.05) is 24.1 Å². The highest BCUT2D eigenvalue weighted by Crippen LogP contribution is 2.59. The van der Waals surface area contributed by atoms with Gasteiger partial charge in [-0.15, -0.1) is 0 Å². The Morgan fingerprint density at radius 2 is 2.00 bits per heavy atom. The molecule has 1 aromatic carbocycles. The van der Waals surface area contributed by atoms with Crippen molar-refractivity contribution >= 4 is 22.7 Å². The molecular formula is C14H12ClF3N2O2. The van der Waals surface area contributed by atoms with Gasteiger partial charge in [0.2, 0.25) is 0 Å². The monoisotopic (exact) mass is 332 g/mol. The first-order valence-electron chi connectivity index (χ1n) is 6.62. The fourth-order valence-electron chi connectivity index (χ4n) is 3.26. The second-order valence-corrected chi connectivity index (χ2v) is 6.07. The predicted molar refractivity (Wildman–Crippen MR) is 73.0 cm³/mol. The van der Waals surface area contributed by atoms with Gasteiger partial charge < -0.3 is 10.1 Å². The predicted octanol–water partition coefficient (Wildman–Crippen LogP) is 2.72. The molecule has 3 rings (SSSR count). The van der Waals surface area contributed by atoms with Crippen LogP contribution in [-0.2, 0) is 10.2 Å². The van der Waals surface area contributed by atoms with Crippen molar-refractivity contribution in [1.29, 1.82) is 0 Å². The molecule has 2 fully saturated rings. The molecule has 8 heteroatoms. The summed E-state index contributed by atoms with van der Waals surface area (Å²) in [4.78, 5) is 12.2. The lowest BCUT2D eigenvalue weighted by Gasteiger charge is -2.22. The van der Waals surface area contributed by atoms with Gasteiger partial charge in [-0.1, -0.05) is 41.0 Å². The van der Waals surface area contributed by atoms with Crippen LogP contribution in [0.3, 0.4) is 0 Å². The number of halogens is 4. The Hall–Kier alpha value is -1.76. The molecule has 22 heavy (non-hydrogen) atoms. The first-order valence-corrected chi connectivity index (χ1v) is 7.00. The third-order valence-corrected chi connectivity index (χ3v) is 4.76. The topological polar surface area (TPSA) is 52.9 Å². The first kappa shape index (κ1) is 15.1. The molecule has 1 aromatic rings. The molecule has 1 N–H and O–H groups in total. The van der Waals surface area contributed by atoms with Crippen LogP contribution >= 0.6 is 11.6 Å². The Labute approximate surface area is 129 Å². The number of likely N-dealkylation sites (tertiary alicyclic amines) is 1. The van der Waals surface area contributed by atoms with E-state index < -0.39 is 12.1 Å². The minimum Gasteiger partial charge on any atom is -0.410 e. The molecule has 2 unspecified atom stereocenters. The minimum absolute atomic E-state index is 0.0586. The SMILES string of the molecule is O=C(N1CC2CC2(c2ccc(C(Cl)=NO)cc2)C1)C(F)(F)F. The summed E-state index contributed by atoms with van der Waals surface area (Å²) in [6.07, 6.45) is -4.05. The van der Waals surface area contributed by atoms with Crippen LogP contribution < -0.4 is 0 Å². The van der Waals surface area contributed by atoms with Crippen LogP contribution in [-0.4, -0.2) is 40.5 Å². The molecule has 4 nitrogen and oxygen atoms in total. The summed E-state index contributed by atoms with van der Waals surface area (Å²) in [5, 5.41) is 11.4. The summed E-state index contributed by atoms with van der Waals surface area (Å²) in [6.45, 7) is 0.218. The number of hydrogen-bond acceptors (Lipinski definition) is 3. The molecule has 0 aromatic heterocycles. The summed E-state index contributed by atoms with van der Waals surface area (Å²) >= 11 is 5.68. The van der Waals surface area contributed by atoms with E-state index in [9.17, 15) is 18.0 Å². The number of benzene rings is 1. The zero-order chi connectivity index (χ0) is 16.1. The Morgan fingerprint density at radius 1 is 1.36 bits per heavy atom. The maximum absolute atomic E-state index is 12.5. The lowest BCUT2D eigenvalue weighted by molar-refractivity contribution is -0.184. The molecule has 1 saturated carbocycles. The highest BCUT2D eigenvalue weighted by atomic mass is 35.5. The van der Waals surface area contributed by atoms with Crippen LogP contribution in [0.2, 0.25) is 0 Å². The number of carbonyl (C=O) groups is 1. The summed E-state index contributed by atoms with van der Waals surface area (Å²) < 4.78 is 37.5. The molecule has 1 aliphatic carbocycles. The molecule has 1 heterocycles. The van der Waals surface area contributed by atoms with Crippen LogP contribution in [0.5, 0.6) is 0 Å². The fourth-order valence-corrected chi connectivity index (χ4v) is 3.39. The van der Waals surface area contributed by atoms with Crippen LogP contribution in [0.15, 0.2) is 29.4 Å². The van der Waals surface area contributed by atoms with Gasteiger partial charge in [-0.3, -0.25) is 4.79 Å². The average molecular weight is 333 g/mol. The van der Waals surface area contributed by atoms with E-state index in [-0.39, 0.29) is 29.6 Å². The number of alkyl halides is 3. The fraction of sp³-hybridized carbons (Fsp3) is 0.429. The van der Waals surface area contributed by atoms with Crippen molar-refractivity contribution < 1.29 is 23.2 Å². The molecule has 0 radical (unpaired) electrons. The van der Waals surface area contributed by atoms with Gasteiger partial charge in [-0.2, -0.15) is 13.2 Å². The lowest BCUT2D eigenvalue weighted by Crippen LogP contribution is -2.41. The number of nitrogens with zero attached hydrogens (tertiary/aromatic N) is 2. The summed E-state index contributed by atoms with van der Waals surface area (Å²) in [5.74, 6) is -1.71. The molecule has 2 atom stereocenters. The number of oxime groups is 1. The standard InChI is InChI=1S/C14H12ClF3N2O2/c15-11(19-22)8-1-3-9(4-2-8)13-5-10(13)6-20(7-13)12(21)14(16,17)18/h1-4,10,22H,5-7H2. The van der Waals surface area contributed by atoms with Crippen molar-refractivity contribution in [3.63, 3.8) is 0 Å². The average Bonchev–Trinajstić information content (AvgIpc) is 3.07. The van der Waals surface area contributed by atoms with E-state index in [1.165, 1.54) is 0 Å². The zero-order valence-corrected chi connectivity index (χ0v) is 12.0. The zero-order valence-electron chi connectivity index (χ0n) is 11.3. The minimum atomic E-state index is -4.83. The summed E-state index contributed by atoms with van der Waals surface area (Å²) in [6, 6.07) is 6.81. The molecule has 1 aliphatic heterocycles. The van der Waals surface area contributed by atoms with Gasteiger partial charge in [-0.05, 0) is 17.9 Å². The summed E-state index contributed by atoms with van der Waals surface area (Å²) in [7, 11) is 0. The van der Waals surface area contributed by atoms with Crippen molar-refractivity contribution in [3.05, 3.63) is 35.4 Å². The normalized spacial score (nSPS) is 27.7. The second-order valence-electron chi connectivity index (χ2n) is 5.71. The quantitative estimate of drug-likeness (QED) is 0.514. The van der Waals surface area contributed by atoms with Crippen molar-refractivity contribution in [3.8, 4) is 0 Å². The Morgan fingerprint density at radius 3 is 2.55 bits per heavy atom. The van der Waals surface area contributed by atoms with E-state index in [4.69, 9.17) is 16.8 Å². The van der Waals surface area contributed by atoms with E-state index in [1.807, 2.05) is 0 Å². The second kappa shape index (κ2) is 4.87. The number of hydrogen-bond donors (Lipinski definition) is 1. The molecule has 118 valence electrons. The van der Waals surface area contributed by atoms with Gasteiger partial charge in [0.15, 0.2) is 5.17 Å². The lowest BCUT2D eigenvalue weighted by atomic mass is 9.94. The van der Waals surface area contributed by atoms with Crippen molar-refractivity contribution in [2.75, 3.05) is 13.1 Å². The number of rotatable bonds is 2. The van der Waals surface area contributed by atoms with E-state index in [0.717, 1.165) is 16.9 Å². The maximum Gasteiger partial charge on any atom is 0.471 e. The summed E-state index contributed by atoms with van der Waals surface area (Å²) in [5.41, 5.74) is 1.01. The van der Waals surface area contributed by atoms with Crippen molar-refractivity contribution in [2.45, 2.75) is 18.0 Å². The maximum atomic E-state index is 12.5. The van der Waals surface area contributed by atoms with Crippen LogP contribution in [0.25, 0.3) is 0 Å². The number of piperidine rings is 1. The molecule has 1 saturated heterocycles. The number of carbonyl (C=O) groups excluding carboxylic acids is 1. The van der Waals surface area contributed by atoms with Crippen LogP contribution in [0.1, 0.15) is 17.5 Å². The molecule has 1 amide bonds.